The van der Waals surface area contributed by atoms with Crippen molar-refractivity contribution < 1.29 is 19.4 Å². The van der Waals surface area contributed by atoms with Crippen LogP contribution < -0.4 is 0 Å². The summed E-state index contributed by atoms with van der Waals surface area (Å²) < 4.78 is 6.29. The first-order valence-corrected chi connectivity index (χ1v) is 19.5. The maximum atomic E-state index is 13.2. The molecule has 5 aliphatic carbocycles. The summed E-state index contributed by atoms with van der Waals surface area (Å²) in [4.78, 5) is 27.1. The van der Waals surface area contributed by atoms with Crippen LogP contribution in [0.2, 0.25) is 0 Å². The van der Waals surface area contributed by atoms with E-state index in [2.05, 4.69) is 67.0 Å². The van der Waals surface area contributed by atoms with E-state index < -0.39 is 11.4 Å². The second kappa shape index (κ2) is 12.8. The van der Waals surface area contributed by atoms with Crippen molar-refractivity contribution in [1.82, 2.24) is 4.90 Å². The zero-order valence-corrected chi connectivity index (χ0v) is 32.1. The zero-order valence-electron chi connectivity index (χ0n) is 32.1. The number of carbonyl (C=O) groups excluding carboxylic acids is 1. The quantitative estimate of drug-likeness (QED) is 0.178. The van der Waals surface area contributed by atoms with Gasteiger partial charge < -0.3 is 14.7 Å². The molecule has 0 heterocycles. The molecular formula is C42H71NO4. The molecule has 47 heavy (non-hydrogen) atoms. The lowest BCUT2D eigenvalue weighted by Gasteiger charge is -2.73. The van der Waals surface area contributed by atoms with Crippen molar-refractivity contribution in [3.63, 3.8) is 0 Å². The van der Waals surface area contributed by atoms with Crippen molar-refractivity contribution in [1.29, 1.82) is 0 Å². The summed E-state index contributed by atoms with van der Waals surface area (Å²) in [5.74, 6) is 2.35. The van der Waals surface area contributed by atoms with Crippen molar-refractivity contribution in [2.24, 2.45) is 62.1 Å². The number of esters is 1. The summed E-state index contributed by atoms with van der Waals surface area (Å²) >= 11 is 0. The normalized spacial score (nSPS) is 42.5. The van der Waals surface area contributed by atoms with E-state index in [1.54, 1.807) is 0 Å². The van der Waals surface area contributed by atoms with Crippen molar-refractivity contribution in [2.45, 2.75) is 158 Å². The van der Waals surface area contributed by atoms with Gasteiger partial charge in [-0.3, -0.25) is 9.59 Å². The Bertz CT molecular complexity index is 1210. The summed E-state index contributed by atoms with van der Waals surface area (Å²) in [6.45, 7) is 28.1. The van der Waals surface area contributed by atoms with E-state index in [4.69, 9.17) is 4.74 Å². The Morgan fingerprint density at radius 1 is 0.894 bits per heavy atom. The molecule has 0 unspecified atom stereocenters. The number of fused-ring (bicyclic) bond motifs is 7. The Hall–Kier alpha value is -1.36. The van der Waals surface area contributed by atoms with Crippen LogP contribution in [0.3, 0.4) is 0 Å². The number of hydrogen-bond donors (Lipinski definition) is 1. The van der Waals surface area contributed by atoms with Crippen molar-refractivity contribution in [2.75, 3.05) is 20.1 Å². The number of allylic oxidation sites excluding steroid dienone is 1. The van der Waals surface area contributed by atoms with Gasteiger partial charge in [0, 0.05) is 5.41 Å². The van der Waals surface area contributed by atoms with Gasteiger partial charge in [-0.05, 0) is 161 Å². The number of hydrogen-bond acceptors (Lipinski definition) is 4. The van der Waals surface area contributed by atoms with E-state index >= 15 is 0 Å². The lowest BCUT2D eigenvalue weighted by atomic mass is 9.32. The minimum absolute atomic E-state index is 0.0256. The molecule has 0 bridgehead atoms. The van der Waals surface area contributed by atoms with Gasteiger partial charge in [0.25, 0.3) is 0 Å². The van der Waals surface area contributed by atoms with Gasteiger partial charge in [0.2, 0.25) is 0 Å². The number of carboxylic acid groups (broad SMARTS) is 1. The molecule has 1 N–H and O–H groups in total. The zero-order chi connectivity index (χ0) is 34.8. The van der Waals surface area contributed by atoms with Crippen molar-refractivity contribution in [3.05, 3.63) is 12.2 Å². The van der Waals surface area contributed by atoms with Gasteiger partial charge in [-0.25, -0.2) is 0 Å². The van der Waals surface area contributed by atoms with Crippen molar-refractivity contribution in [3.8, 4) is 0 Å². The lowest BCUT2D eigenvalue weighted by molar-refractivity contribution is -0.250. The standard InChI is InChI=1S/C42H71NO4/c1-12-43(11)25-13-19-42-22-16-29(28(2)3)36(42)30-14-15-32-39(8)20-18-33(47-35(46)27-37(4,5)26-34(44)45)38(6,7)31(39)17-21-41(32,10)40(30,9)23-24-42/h29-33,36H,2,12-27H2,1,3-11H3,(H,44,45)/t29-,30+,31-,32+,33-,36+,39-,40+,41+,42+/m0/s1. The van der Waals surface area contributed by atoms with Crippen LogP contribution in [0.5, 0.6) is 0 Å². The van der Waals surface area contributed by atoms with Crippen LogP contribution in [0.1, 0.15) is 152 Å². The third-order valence-electron chi connectivity index (χ3n) is 16.5. The fourth-order valence-electron chi connectivity index (χ4n) is 13.8. The minimum atomic E-state index is -0.864. The fourth-order valence-corrected chi connectivity index (χ4v) is 13.8. The SMILES string of the molecule is C=C(C)[C@@H]1CC[C@]2(CCCN(C)CC)CC[C@]3(C)[C@H](CC[C@@H]4[C@@]5(C)CC[C@H](OC(=O)CC(C)(C)CC(=O)O)C(C)(C)[C@@H]5CC[C@]43C)[C@@H]12. The second-order valence-corrected chi connectivity index (χ2v) is 19.8. The van der Waals surface area contributed by atoms with E-state index in [1.165, 1.54) is 76.3 Å². The fraction of sp³-hybridized carbons (Fsp3) is 0.905. The molecule has 0 spiro atoms. The number of rotatable bonds is 11. The molecular weight excluding hydrogens is 582 g/mol. The van der Waals surface area contributed by atoms with Gasteiger partial charge in [-0.1, -0.05) is 67.5 Å². The van der Waals surface area contributed by atoms with E-state index in [-0.39, 0.29) is 35.7 Å². The Morgan fingerprint density at radius 3 is 2.23 bits per heavy atom. The predicted molar refractivity (Wildman–Crippen MR) is 192 cm³/mol. The third-order valence-corrected chi connectivity index (χ3v) is 16.5. The highest BCUT2D eigenvalue weighted by Gasteiger charge is 2.71. The smallest absolute Gasteiger partial charge is 0.306 e. The number of carboxylic acids is 1. The maximum Gasteiger partial charge on any atom is 0.306 e. The van der Waals surface area contributed by atoms with Gasteiger partial charge in [-0.2, -0.15) is 0 Å². The molecule has 0 saturated heterocycles. The van der Waals surface area contributed by atoms with E-state index in [0.29, 0.717) is 34.0 Å². The molecule has 0 aliphatic heterocycles. The highest BCUT2D eigenvalue weighted by molar-refractivity contribution is 5.73. The number of ether oxygens (including phenoxy) is 1. The second-order valence-electron chi connectivity index (χ2n) is 19.8. The summed E-state index contributed by atoms with van der Waals surface area (Å²) in [5.41, 5.74) is 2.12. The van der Waals surface area contributed by atoms with Crippen LogP contribution in [0.4, 0.5) is 0 Å². The first-order chi connectivity index (χ1) is 21.8. The van der Waals surface area contributed by atoms with Crippen LogP contribution in [-0.2, 0) is 14.3 Å². The highest BCUT2D eigenvalue weighted by atomic mass is 16.5. The molecule has 5 aliphatic rings. The van der Waals surface area contributed by atoms with Gasteiger partial charge >= 0.3 is 11.9 Å². The first kappa shape index (κ1) is 36.9. The molecule has 5 saturated carbocycles. The molecule has 10 atom stereocenters. The largest absolute Gasteiger partial charge is 0.481 e. The Balaban J connectivity index is 1.37. The number of aliphatic carboxylic acids is 1. The third kappa shape index (κ3) is 6.18. The number of carbonyl (C=O) groups is 2. The summed E-state index contributed by atoms with van der Waals surface area (Å²) in [5, 5.41) is 9.33. The lowest BCUT2D eigenvalue weighted by Crippen LogP contribution is -2.66. The average Bonchev–Trinajstić information content (AvgIpc) is 3.34. The molecule has 5 nitrogen and oxygen atoms in total. The topological polar surface area (TPSA) is 66.8 Å². The van der Waals surface area contributed by atoms with Gasteiger partial charge in [0.05, 0.1) is 12.8 Å². The molecule has 0 amide bonds. The van der Waals surface area contributed by atoms with E-state index in [1.807, 2.05) is 13.8 Å². The van der Waals surface area contributed by atoms with Gasteiger partial charge in [0.1, 0.15) is 6.10 Å². The molecule has 0 aromatic carbocycles. The highest BCUT2D eigenvalue weighted by Crippen LogP contribution is 2.78. The Kier molecular flexibility index (Phi) is 10.0. The maximum absolute atomic E-state index is 13.2. The van der Waals surface area contributed by atoms with E-state index in [0.717, 1.165) is 31.2 Å². The summed E-state index contributed by atoms with van der Waals surface area (Å²) in [6.07, 6.45) is 15.5. The van der Waals surface area contributed by atoms with Crippen LogP contribution in [0.15, 0.2) is 12.2 Å². The predicted octanol–water partition coefficient (Wildman–Crippen LogP) is 10.2. The average molecular weight is 654 g/mol. The monoisotopic (exact) mass is 654 g/mol. The van der Waals surface area contributed by atoms with Gasteiger partial charge in [0.15, 0.2) is 0 Å². The van der Waals surface area contributed by atoms with Gasteiger partial charge in [-0.15, -0.1) is 0 Å². The van der Waals surface area contributed by atoms with Crippen LogP contribution in [0, 0.1) is 62.1 Å². The molecule has 0 radical (unpaired) electrons. The van der Waals surface area contributed by atoms with Crippen molar-refractivity contribution >= 4 is 11.9 Å². The van der Waals surface area contributed by atoms with Crippen LogP contribution >= 0.6 is 0 Å². The van der Waals surface area contributed by atoms with E-state index in [9.17, 15) is 14.7 Å². The molecule has 0 aromatic heterocycles. The minimum Gasteiger partial charge on any atom is -0.481 e. The molecule has 5 rings (SSSR count). The number of nitrogens with zero attached hydrogens (tertiary/aromatic N) is 1. The molecule has 268 valence electrons. The van der Waals surface area contributed by atoms with Crippen LogP contribution in [-0.4, -0.2) is 48.2 Å². The summed E-state index contributed by atoms with van der Waals surface area (Å²) in [7, 11) is 2.28. The summed E-state index contributed by atoms with van der Waals surface area (Å²) in [6, 6.07) is 0. The Morgan fingerprint density at radius 2 is 1.60 bits per heavy atom. The Labute approximate surface area is 288 Å². The van der Waals surface area contributed by atoms with Crippen LogP contribution in [0.25, 0.3) is 0 Å². The molecule has 5 fully saturated rings. The first-order valence-electron chi connectivity index (χ1n) is 19.5. The molecule has 5 heteroatoms. The molecule has 0 aromatic rings.